The van der Waals surface area contributed by atoms with Crippen molar-refractivity contribution in [1.82, 2.24) is 0 Å². The van der Waals surface area contributed by atoms with Gasteiger partial charge in [0.2, 0.25) is 0 Å². The lowest BCUT2D eigenvalue weighted by atomic mass is 10.1. The van der Waals surface area contributed by atoms with Gasteiger partial charge >= 0.3 is 11.9 Å². The van der Waals surface area contributed by atoms with Gasteiger partial charge in [-0.2, -0.15) is 0 Å². The van der Waals surface area contributed by atoms with E-state index in [2.05, 4.69) is 24.0 Å². The van der Waals surface area contributed by atoms with E-state index < -0.39 is 5.97 Å². The molecule has 0 aliphatic rings. The molecule has 1 rings (SSSR count). The van der Waals surface area contributed by atoms with Gasteiger partial charge in [0, 0.05) is 5.69 Å². The molecule has 0 aliphatic carbocycles. The molecule has 21 heavy (non-hydrogen) atoms. The fourth-order valence-corrected chi connectivity index (χ4v) is 1.53. The van der Waals surface area contributed by atoms with Crippen LogP contribution in [0.4, 0.5) is 5.69 Å². The van der Waals surface area contributed by atoms with E-state index in [0.29, 0.717) is 6.61 Å². The average molecular weight is 296 g/mol. The van der Waals surface area contributed by atoms with Crippen molar-refractivity contribution in [2.45, 2.75) is 33.2 Å². The number of benzene rings is 1. The number of ether oxygens (including phenoxy) is 1. The van der Waals surface area contributed by atoms with Gasteiger partial charge in [-0.3, -0.25) is 4.79 Å². The smallest absolute Gasteiger partial charge is 0.328 e. The standard InChI is InChI=1S/C13H19NO2.C2H5NO2/c1-4-11-8-6-7-9-12(11)14-10(3)13(15)16-5-2;3-1-2(4)5/h6-10,14H,4-5H2,1-3H3;1,3H2,(H,4,5)/t10-;/m0./s1. The van der Waals surface area contributed by atoms with Crippen LogP contribution in [0.1, 0.15) is 26.3 Å². The molecule has 6 heteroatoms. The summed E-state index contributed by atoms with van der Waals surface area (Å²) < 4.78 is 4.95. The SMILES string of the molecule is CCOC(=O)[C@H](C)Nc1ccccc1CC.NCC(=O)O. The van der Waals surface area contributed by atoms with Gasteiger partial charge in [-0.15, -0.1) is 0 Å². The number of nitrogens with two attached hydrogens (primary N) is 1. The summed E-state index contributed by atoms with van der Waals surface area (Å²) in [5.74, 6) is -1.18. The monoisotopic (exact) mass is 296 g/mol. The Hall–Kier alpha value is -2.08. The van der Waals surface area contributed by atoms with Gasteiger partial charge in [-0.1, -0.05) is 25.1 Å². The molecule has 1 aromatic rings. The lowest BCUT2D eigenvalue weighted by Crippen LogP contribution is -2.28. The molecule has 1 aromatic carbocycles. The highest BCUT2D eigenvalue weighted by Gasteiger charge is 2.14. The van der Waals surface area contributed by atoms with Gasteiger partial charge in [0.15, 0.2) is 0 Å². The highest BCUT2D eigenvalue weighted by molar-refractivity contribution is 5.79. The number of carboxylic acid groups (broad SMARTS) is 1. The number of rotatable bonds is 6. The van der Waals surface area contributed by atoms with E-state index in [1.807, 2.05) is 32.0 Å². The first kappa shape index (κ1) is 18.9. The minimum Gasteiger partial charge on any atom is -0.480 e. The lowest BCUT2D eigenvalue weighted by Gasteiger charge is -2.16. The summed E-state index contributed by atoms with van der Waals surface area (Å²) in [6.07, 6.45) is 0.943. The molecule has 0 aromatic heterocycles. The number of carbonyl (C=O) groups is 2. The van der Waals surface area contributed by atoms with E-state index in [1.54, 1.807) is 0 Å². The molecule has 0 bridgehead atoms. The van der Waals surface area contributed by atoms with Crippen LogP contribution >= 0.6 is 0 Å². The number of anilines is 1. The third-order valence-electron chi connectivity index (χ3n) is 2.59. The summed E-state index contributed by atoms with van der Waals surface area (Å²) >= 11 is 0. The Morgan fingerprint density at radius 1 is 1.33 bits per heavy atom. The van der Waals surface area contributed by atoms with Crippen LogP contribution in [0.3, 0.4) is 0 Å². The second-order valence-electron chi connectivity index (χ2n) is 4.23. The fraction of sp³-hybridized carbons (Fsp3) is 0.467. The van der Waals surface area contributed by atoms with Crippen LogP contribution in [0, 0.1) is 0 Å². The summed E-state index contributed by atoms with van der Waals surface area (Å²) in [4.78, 5) is 20.7. The molecule has 1 atom stereocenters. The molecule has 0 unspecified atom stereocenters. The van der Waals surface area contributed by atoms with Crippen molar-refractivity contribution < 1.29 is 19.4 Å². The summed E-state index contributed by atoms with van der Waals surface area (Å²) in [5.41, 5.74) is 6.78. The van der Waals surface area contributed by atoms with Gasteiger partial charge in [0.05, 0.1) is 13.2 Å². The molecule has 0 fully saturated rings. The highest BCUT2D eigenvalue weighted by Crippen LogP contribution is 2.16. The normalized spacial score (nSPS) is 10.9. The Balaban J connectivity index is 0.000000690. The molecule has 4 N–H and O–H groups in total. The van der Waals surface area contributed by atoms with E-state index in [1.165, 1.54) is 5.56 Å². The second-order valence-corrected chi connectivity index (χ2v) is 4.23. The van der Waals surface area contributed by atoms with Crippen LogP contribution < -0.4 is 11.1 Å². The van der Waals surface area contributed by atoms with Crippen LogP contribution in [0.15, 0.2) is 24.3 Å². The number of hydrogen-bond donors (Lipinski definition) is 3. The van der Waals surface area contributed by atoms with Crippen LogP contribution in [-0.4, -0.2) is 36.2 Å². The zero-order valence-electron chi connectivity index (χ0n) is 12.8. The van der Waals surface area contributed by atoms with Gasteiger partial charge in [-0.25, -0.2) is 4.79 Å². The molecule has 0 heterocycles. The Labute approximate surface area is 125 Å². The first-order valence-electron chi connectivity index (χ1n) is 6.89. The number of aliphatic carboxylic acids is 1. The van der Waals surface area contributed by atoms with E-state index in [-0.39, 0.29) is 18.6 Å². The summed E-state index contributed by atoms with van der Waals surface area (Å²) in [6.45, 7) is 5.85. The number of carbonyl (C=O) groups excluding carboxylic acids is 1. The minimum atomic E-state index is -0.968. The second kappa shape index (κ2) is 10.7. The Morgan fingerprint density at radius 3 is 2.38 bits per heavy atom. The molecule has 0 radical (unpaired) electrons. The number of esters is 1. The molecule has 0 saturated carbocycles. The maximum absolute atomic E-state index is 11.5. The zero-order chi connectivity index (χ0) is 16.3. The number of nitrogens with one attached hydrogen (secondary N) is 1. The lowest BCUT2D eigenvalue weighted by molar-refractivity contribution is -0.143. The number of carboxylic acids is 1. The van der Waals surface area contributed by atoms with Gasteiger partial charge < -0.3 is 20.9 Å². The van der Waals surface area contributed by atoms with E-state index in [0.717, 1.165) is 12.1 Å². The summed E-state index contributed by atoms with van der Waals surface area (Å²) in [7, 11) is 0. The van der Waals surface area contributed by atoms with Crippen LogP contribution in [0.2, 0.25) is 0 Å². The topological polar surface area (TPSA) is 102 Å². The maximum Gasteiger partial charge on any atom is 0.328 e. The summed E-state index contributed by atoms with van der Waals surface area (Å²) in [5, 5.41) is 10.8. The Bertz CT molecular complexity index is 449. The Kier molecular flexibility index (Phi) is 9.62. The molecule has 6 nitrogen and oxygen atoms in total. The number of aryl methyl sites for hydroxylation is 1. The van der Waals surface area contributed by atoms with Gasteiger partial charge in [-0.05, 0) is 31.9 Å². The van der Waals surface area contributed by atoms with Crippen molar-refractivity contribution in [2.75, 3.05) is 18.5 Å². The quantitative estimate of drug-likeness (QED) is 0.690. The van der Waals surface area contributed by atoms with Gasteiger partial charge in [0.25, 0.3) is 0 Å². The van der Waals surface area contributed by atoms with Crippen molar-refractivity contribution in [1.29, 1.82) is 0 Å². The van der Waals surface area contributed by atoms with E-state index in [4.69, 9.17) is 9.84 Å². The van der Waals surface area contributed by atoms with Crippen LogP contribution in [0.25, 0.3) is 0 Å². The minimum absolute atomic E-state index is 0.214. The van der Waals surface area contributed by atoms with Crippen LogP contribution in [0.5, 0.6) is 0 Å². The highest BCUT2D eigenvalue weighted by atomic mass is 16.5. The Morgan fingerprint density at radius 2 is 1.90 bits per heavy atom. The third-order valence-corrected chi connectivity index (χ3v) is 2.59. The van der Waals surface area contributed by atoms with E-state index >= 15 is 0 Å². The van der Waals surface area contributed by atoms with Crippen molar-refractivity contribution in [3.8, 4) is 0 Å². The molecule has 118 valence electrons. The van der Waals surface area contributed by atoms with Crippen molar-refractivity contribution in [3.05, 3.63) is 29.8 Å². The average Bonchev–Trinajstić information content (AvgIpc) is 2.48. The van der Waals surface area contributed by atoms with Gasteiger partial charge in [0.1, 0.15) is 6.04 Å². The third kappa shape index (κ3) is 7.94. The summed E-state index contributed by atoms with van der Waals surface area (Å²) in [6, 6.07) is 7.68. The largest absolute Gasteiger partial charge is 0.480 e. The van der Waals surface area contributed by atoms with Crippen molar-refractivity contribution >= 4 is 17.6 Å². The molecule has 0 amide bonds. The molecule has 0 spiro atoms. The fourth-order valence-electron chi connectivity index (χ4n) is 1.53. The molecule has 0 saturated heterocycles. The molecule has 0 aliphatic heterocycles. The van der Waals surface area contributed by atoms with Crippen molar-refractivity contribution in [2.24, 2.45) is 5.73 Å². The molecular formula is C15H24N2O4. The van der Waals surface area contributed by atoms with E-state index in [9.17, 15) is 9.59 Å². The predicted octanol–water partition coefficient (Wildman–Crippen LogP) is 1.64. The maximum atomic E-state index is 11.5. The first-order valence-corrected chi connectivity index (χ1v) is 6.89. The first-order chi connectivity index (χ1) is 9.96. The van der Waals surface area contributed by atoms with Crippen LogP contribution in [-0.2, 0) is 20.7 Å². The van der Waals surface area contributed by atoms with Crippen molar-refractivity contribution in [3.63, 3.8) is 0 Å². The number of hydrogen-bond acceptors (Lipinski definition) is 5. The zero-order valence-corrected chi connectivity index (χ0v) is 12.8. The molecular weight excluding hydrogens is 272 g/mol. The number of para-hydroxylation sites is 1. The predicted molar refractivity (Wildman–Crippen MR) is 82.2 cm³/mol.